The van der Waals surface area contributed by atoms with Gasteiger partial charge >= 0.3 is 0 Å². The second-order valence-corrected chi connectivity index (χ2v) is 7.83. The molecule has 2 saturated heterocycles. The number of piperidine rings is 1. The minimum atomic E-state index is 0.474. The molecule has 0 amide bonds. The molecule has 0 saturated carbocycles. The highest BCUT2D eigenvalue weighted by atomic mass is 15.2. The van der Waals surface area contributed by atoms with Gasteiger partial charge in [0.25, 0.3) is 0 Å². The van der Waals surface area contributed by atoms with Crippen molar-refractivity contribution in [2.45, 2.75) is 65.8 Å². The van der Waals surface area contributed by atoms with E-state index in [0.29, 0.717) is 11.5 Å². The lowest BCUT2D eigenvalue weighted by Gasteiger charge is -2.42. The van der Waals surface area contributed by atoms with E-state index in [0.717, 1.165) is 11.8 Å². The van der Waals surface area contributed by atoms with Crippen LogP contribution in [0.5, 0.6) is 0 Å². The molecule has 2 aliphatic heterocycles. The summed E-state index contributed by atoms with van der Waals surface area (Å²) >= 11 is 0. The van der Waals surface area contributed by atoms with Crippen molar-refractivity contribution < 1.29 is 0 Å². The van der Waals surface area contributed by atoms with Gasteiger partial charge in [0.1, 0.15) is 0 Å². The van der Waals surface area contributed by atoms with Crippen molar-refractivity contribution in [1.82, 2.24) is 10.2 Å². The maximum atomic E-state index is 3.77. The first kappa shape index (κ1) is 15.3. The maximum Gasteiger partial charge on any atom is 0.0246 e. The van der Waals surface area contributed by atoms with Crippen molar-refractivity contribution >= 4 is 0 Å². The molecule has 2 rings (SSSR count). The average molecular weight is 266 g/mol. The van der Waals surface area contributed by atoms with Crippen molar-refractivity contribution in [2.75, 3.05) is 26.2 Å². The van der Waals surface area contributed by atoms with Gasteiger partial charge in [0.15, 0.2) is 0 Å². The summed E-state index contributed by atoms with van der Waals surface area (Å²) in [4.78, 5) is 2.73. The van der Waals surface area contributed by atoms with Gasteiger partial charge in [-0.1, -0.05) is 27.7 Å². The van der Waals surface area contributed by atoms with E-state index in [9.17, 15) is 0 Å². The number of likely N-dealkylation sites (tertiary alicyclic amines) is 1. The Morgan fingerprint density at radius 2 is 1.95 bits per heavy atom. The van der Waals surface area contributed by atoms with Gasteiger partial charge in [0.2, 0.25) is 0 Å². The molecule has 2 fully saturated rings. The topological polar surface area (TPSA) is 15.3 Å². The molecule has 112 valence electrons. The van der Waals surface area contributed by atoms with Crippen molar-refractivity contribution in [1.29, 1.82) is 0 Å². The Balaban J connectivity index is 1.85. The van der Waals surface area contributed by atoms with Crippen LogP contribution >= 0.6 is 0 Å². The third kappa shape index (κ3) is 4.19. The first-order valence-electron chi connectivity index (χ1n) is 8.45. The summed E-state index contributed by atoms with van der Waals surface area (Å²) in [5.74, 6) is 1.82. The highest BCUT2D eigenvalue weighted by Crippen LogP contribution is 2.31. The monoisotopic (exact) mass is 266 g/mol. The summed E-state index contributed by atoms with van der Waals surface area (Å²) in [5.41, 5.74) is 0.474. The Kier molecular flexibility index (Phi) is 5.30. The molecule has 0 aromatic heterocycles. The second kappa shape index (κ2) is 6.58. The van der Waals surface area contributed by atoms with Gasteiger partial charge < -0.3 is 10.2 Å². The molecular formula is C17H34N2. The molecule has 0 bridgehead atoms. The summed E-state index contributed by atoms with van der Waals surface area (Å²) in [6.45, 7) is 14.8. The fraction of sp³-hybridized carbons (Fsp3) is 1.00. The molecule has 0 aromatic carbocycles. The molecule has 2 heteroatoms. The molecular weight excluding hydrogens is 232 g/mol. The van der Waals surface area contributed by atoms with Crippen LogP contribution in [-0.2, 0) is 0 Å². The third-order valence-electron chi connectivity index (χ3n) is 5.58. The fourth-order valence-corrected chi connectivity index (χ4v) is 3.87. The van der Waals surface area contributed by atoms with Crippen molar-refractivity contribution in [3.63, 3.8) is 0 Å². The highest BCUT2D eigenvalue weighted by Gasteiger charge is 2.33. The molecule has 19 heavy (non-hydrogen) atoms. The van der Waals surface area contributed by atoms with E-state index < -0.39 is 0 Å². The minimum Gasteiger partial charge on any atom is -0.312 e. The van der Waals surface area contributed by atoms with Gasteiger partial charge in [-0.15, -0.1) is 0 Å². The van der Waals surface area contributed by atoms with E-state index in [2.05, 4.69) is 37.9 Å². The normalized spacial score (nSPS) is 33.3. The third-order valence-corrected chi connectivity index (χ3v) is 5.58. The minimum absolute atomic E-state index is 0.474. The number of nitrogens with zero attached hydrogens (tertiary/aromatic N) is 1. The van der Waals surface area contributed by atoms with Crippen molar-refractivity contribution in [3.8, 4) is 0 Å². The van der Waals surface area contributed by atoms with Crippen LogP contribution in [0.4, 0.5) is 0 Å². The van der Waals surface area contributed by atoms with E-state index in [1.165, 1.54) is 58.3 Å². The van der Waals surface area contributed by atoms with Crippen LogP contribution in [0.1, 0.15) is 59.8 Å². The van der Waals surface area contributed by atoms with Gasteiger partial charge in [-0.2, -0.15) is 0 Å². The largest absolute Gasteiger partial charge is 0.312 e. The van der Waals surface area contributed by atoms with Gasteiger partial charge in [0, 0.05) is 12.6 Å². The standard InChI is InChI=1S/C17H34N2/c1-14(2)15-7-5-11-19(12-8-15)13-16-17(3,4)9-6-10-18-16/h14-16,18H,5-13H2,1-4H3. The zero-order valence-corrected chi connectivity index (χ0v) is 13.5. The quantitative estimate of drug-likeness (QED) is 0.841. The van der Waals surface area contributed by atoms with Crippen LogP contribution in [0.3, 0.4) is 0 Å². The average Bonchev–Trinajstić information content (AvgIpc) is 2.57. The second-order valence-electron chi connectivity index (χ2n) is 7.83. The Morgan fingerprint density at radius 3 is 2.63 bits per heavy atom. The Hall–Kier alpha value is -0.0800. The number of hydrogen-bond donors (Lipinski definition) is 1. The predicted molar refractivity (Wildman–Crippen MR) is 83.4 cm³/mol. The predicted octanol–water partition coefficient (Wildman–Crippen LogP) is 3.52. The van der Waals surface area contributed by atoms with E-state index in [1.54, 1.807) is 0 Å². The Bertz CT molecular complexity index is 272. The van der Waals surface area contributed by atoms with Crippen LogP contribution < -0.4 is 5.32 Å². The Labute approximate surface area is 120 Å². The fourth-order valence-electron chi connectivity index (χ4n) is 3.87. The molecule has 1 N–H and O–H groups in total. The smallest absolute Gasteiger partial charge is 0.0246 e. The molecule has 2 heterocycles. The van der Waals surface area contributed by atoms with Crippen LogP contribution in [0.25, 0.3) is 0 Å². The first-order valence-corrected chi connectivity index (χ1v) is 8.45. The summed E-state index contributed by atoms with van der Waals surface area (Å²) in [6, 6.07) is 0.692. The maximum absolute atomic E-state index is 3.77. The SMILES string of the molecule is CC(C)C1CCCN(CC2NCCCC2(C)C)CC1. The highest BCUT2D eigenvalue weighted by molar-refractivity contribution is 4.90. The van der Waals surface area contributed by atoms with Gasteiger partial charge in [-0.25, -0.2) is 0 Å². The van der Waals surface area contributed by atoms with Crippen LogP contribution in [-0.4, -0.2) is 37.1 Å². The van der Waals surface area contributed by atoms with Crippen LogP contribution in [0.2, 0.25) is 0 Å². The molecule has 0 radical (unpaired) electrons. The lowest BCUT2D eigenvalue weighted by atomic mass is 9.77. The number of rotatable bonds is 3. The lowest BCUT2D eigenvalue weighted by molar-refractivity contribution is 0.127. The van der Waals surface area contributed by atoms with Crippen LogP contribution in [0.15, 0.2) is 0 Å². The molecule has 2 aliphatic rings. The number of hydrogen-bond acceptors (Lipinski definition) is 2. The Morgan fingerprint density at radius 1 is 1.16 bits per heavy atom. The molecule has 0 spiro atoms. The first-order chi connectivity index (χ1) is 8.99. The molecule has 0 aliphatic carbocycles. The lowest BCUT2D eigenvalue weighted by Crippen LogP contribution is -2.53. The number of nitrogens with one attached hydrogen (secondary N) is 1. The molecule has 2 unspecified atom stereocenters. The van der Waals surface area contributed by atoms with Gasteiger partial charge in [-0.3, -0.25) is 0 Å². The van der Waals surface area contributed by atoms with E-state index in [-0.39, 0.29) is 0 Å². The van der Waals surface area contributed by atoms with Crippen LogP contribution in [0, 0.1) is 17.3 Å². The van der Waals surface area contributed by atoms with Crippen molar-refractivity contribution in [3.05, 3.63) is 0 Å². The van der Waals surface area contributed by atoms with Gasteiger partial charge in [-0.05, 0) is 69.0 Å². The zero-order valence-electron chi connectivity index (χ0n) is 13.5. The molecule has 2 atom stereocenters. The molecule has 2 nitrogen and oxygen atoms in total. The summed E-state index contributed by atoms with van der Waals surface area (Å²) in [6.07, 6.45) is 6.97. The van der Waals surface area contributed by atoms with Crippen molar-refractivity contribution in [2.24, 2.45) is 17.3 Å². The summed E-state index contributed by atoms with van der Waals surface area (Å²) in [5, 5.41) is 3.77. The van der Waals surface area contributed by atoms with E-state index in [4.69, 9.17) is 0 Å². The van der Waals surface area contributed by atoms with E-state index >= 15 is 0 Å². The summed E-state index contributed by atoms with van der Waals surface area (Å²) < 4.78 is 0. The van der Waals surface area contributed by atoms with E-state index in [1.807, 2.05) is 0 Å². The van der Waals surface area contributed by atoms with Gasteiger partial charge in [0.05, 0.1) is 0 Å². The molecule has 0 aromatic rings. The zero-order chi connectivity index (χ0) is 13.9. The summed E-state index contributed by atoms with van der Waals surface area (Å²) in [7, 11) is 0.